The van der Waals surface area contributed by atoms with Crippen LogP contribution >= 0.6 is 23.4 Å². The van der Waals surface area contributed by atoms with Crippen LogP contribution in [0.3, 0.4) is 0 Å². The van der Waals surface area contributed by atoms with Crippen LogP contribution in [0.1, 0.15) is 10.9 Å². The van der Waals surface area contributed by atoms with Crippen molar-refractivity contribution < 1.29 is 14.3 Å². The molecule has 1 saturated heterocycles. The Morgan fingerprint density at radius 3 is 2.64 bits per heavy atom. The number of methoxy groups -OCH3 is 2. The predicted octanol–water partition coefficient (Wildman–Crippen LogP) is 4.64. The van der Waals surface area contributed by atoms with Gasteiger partial charge >= 0.3 is 6.03 Å². The van der Waals surface area contributed by atoms with E-state index in [1.54, 1.807) is 55.1 Å². The van der Waals surface area contributed by atoms with Crippen molar-refractivity contribution in [3.63, 3.8) is 0 Å². The van der Waals surface area contributed by atoms with Crippen LogP contribution in [0.2, 0.25) is 5.02 Å². The second-order valence-corrected chi connectivity index (χ2v) is 7.09. The van der Waals surface area contributed by atoms with E-state index in [9.17, 15) is 4.79 Å². The molecule has 1 N–H and O–H groups in total. The Bertz CT molecular complexity index is 754. The van der Waals surface area contributed by atoms with E-state index < -0.39 is 0 Å². The Balaban J connectivity index is 1.82. The molecular weight excluding hydrogens is 360 g/mol. The normalized spacial score (nSPS) is 16.6. The molecular formula is C18H19ClN2O3S. The third-order valence-corrected chi connectivity index (χ3v) is 5.44. The van der Waals surface area contributed by atoms with E-state index in [0.717, 1.165) is 22.8 Å². The number of carbonyl (C=O) groups excluding carboxylic acids is 1. The van der Waals surface area contributed by atoms with Gasteiger partial charge in [-0.05, 0) is 42.5 Å². The Morgan fingerprint density at radius 1 is 1.20 bits per heavy atom. The molecule has 25 heavy (non-hydrogen) atoms. The van der Waals surface area contributed by atoms with Crippen molar-refractivity contribution in [1.29, 1.82) is 0 Å². The molecule has 2 aromatic rings. The monoisotopic (exact) mass is 378 g/mol. The van der Waals surface area contributed by atoms with Gasteiger partial charge in [0.15, 0.2) is 0 Å². The number of nitrogens with one attached hydrogen (secondary N) is 1. The van der Waals surface area contributed by atoms with Gasteiger partial charge in [0, 0.05) is 28.6 Å². The number of benzene rings is 2. The maximum Gasteiger partial charge on any atom is 0.323 e. The second kappa shape index (κ2) is 7.89. The summed E-state index contributed by atoms with van der Waals surface area (Å²) in [4.78, 5) is 14.5. The molecule has 1 atom stereocenters. The quantitative estimate of drug-likeness (QED) is 0.842. The van der Waals surface area contributed by atoms with E-state index >= 15 is 0 Å². The summed E-state index contributed by atoms with van der Waals surface area (Å²) in [5.41, 5.74) is 1.64. The molecule has 2 amide bonds. The number of anilines is 1. The lowest BCUT2D eigenvalue weighted by molar-refractivity contribution is 0.213. The molecule has 0 aromatic heterocycles. The minimum atomic E-state index is -0.151. The van der Waals surface area contributed by atoms with Crippen molar-refractivity contribution in [1.82, 2.24) is 4.90 Å². The lowest BCUT2D eigenvalue weighted by Crippen LogP contribution is -2.34. The number of rotatable bonds is 4. The van der Waals surface area contributed by atoms with Crippen molar-refractivity contribution in [2.75, 3.05) is 31.8 Å². The van der Waals surface area contributed by atoms with Crippen molar-refractivity contribution in [2.24, 2.45) is 0 Å². The first-order chi connectivity index (χ1) is 12.1. The number of nitrogens with zero attached hydrogens (tertiary/aromatic N) is 1. The van der Waals surface area contributed by atoms with Crippen LogP contribution in [0, 0.1) is 0 Å². The fraction of sp³-hybridized carbons (Fsp3) is 0.278. The predicted molar refractivity (Wildman–Crippen MR) is 102 cm³/mol. The van der Waals surface area contributed by atoms with Crippen LogP contribution in [-0.4, -0.2) is 37.4 Å². The van der Waals surface area contributed by atoms with Gasteiger partial charge in [0.1, 0.15) is 16.9 Å². The third kappa shape index (κ3) is 3.96. The molecule has 2 aromatic carbocycles. The number of hydrogen-bond donors (Lipinski definition) is 1. The Labute approximate surface area is 156 Å². The number of carbonyl (C=O) groups is 1. The van der Waals surface area contributed by atoms with Gasteiger partial charge < -0.3 is 19.7 Å². The van der Waals surface area contributed by atoms with Crippen molar-refractivity contribution in [2.45, 2.75) is 5.37 Å². The molecule has 5 nitrogen and oxygen atoms in total. The summed E-state index contributed by atoms with van der Waals surface area (Å²) in [7, 11) is 3.25. The molecule has 1 heterocycles. The Hall–Kier alpha value is -2.05. The molecule has 0 saturated carbocycles. The van der Waals surface area contributed by atoms with E-state index in [4.69, 9.17) is 21.1 Å². The van der Waals surface area contributed by atoms with Crippen LogP contribution in [0.15, 0.2) is 42.5 Å². The van der Waals surface area contributed by atoms with Crippen LogP contribution in [0.5, 0.6) is 11.5 Å². The van der Waals surface area contributed by atoms with Gasteiger partial charge in [-0.1, -0.05) is 11.6 Å². The first kappa shape index (κ1) is 17.8. The van der Waals surface area contributed by atoms with Crippen molar-refractivity contribution in [3.8, 4) is 11.5 Å². The maximum atomic E-state index is 12.7. The highest BCUT2D eigenvalue weighted by atomic mass is 35.5. The van der Waals surface area contributed by atoms with Crippen LogP contribution in [0.4, 0.5) is 10.5 Å². The summed E-state index contributed by atoms with van der Waals surface area (Å²) in [5.74, 6) is 2.34. The first-order valence-electron chi connectivity index (χ1n) is 7.79. The van der Waals surface area contributed by atoms with Gasteiger partial charge in [-0.25, -0.2) is 4.79 Å². The van der Waals surface area contributed by atoms with Gasteiger partial charge in [0.25, 0.3) is 0 Å². The number of hydrogen-bond acceptors (Lipinski definition) is 4. The summed E-state index contributed by atoms with van der Waals surface area (Å²) in [6.07, 6.45) is 0. The van der Waals surface area contributed by atoms with E-state index in [2.05, 4.69) is 5.32 Å². The molecule has 132 valence electrons. The number of halogens is 1. The lowest BCUT2D eigenvalue weighted by atomic mass is 10.1. The third-order valence-electron chi connectivity index (χ3n) is 3.95. The number of amides is 2. The minimum Gasteiger partial charge on any atom is -0.497 e. The average molecular weight is 379 g/mol. The molecule has 7 heteroatoms. The highest BCUT2D eigenvalue weighted by molar-refractivity contribution is 7.99. The van der Waals surface area contributed by atoms with Gasteiger partial charge in [-0.3, -0.25) is 0 Å². The molecule has 0 spiro atoms. The lowest BCUT2D eigenvalue weighted by Gasteiger charge is -2.26. The summed E-state index contributed by atoms with van der Waals surface area (Å²) >= 11 is 7.59. The highest BCUT2D eigenvalue weighted by Gasteiger charge is 2.33. The number of urea groups is 1. The second-order valence-electron chi connectivity index (χ2n) is 5.46. The number of ether oxygens (including phenoxy) is 2. The molecule has 0 radical (unpaired) electrons. The van der Waals surface area contributed by atoms with Crippen LogP contribution < -0.4 is 14.8 Å². The van der Waals surface area contributed by atoms with E-state index in [1.165, 1.54) is 0 Å². The van der Waals surface area contributed by atoms with Gasteiger partial charge in [-0.2, -0.15) is 0 Å². The van der Waals surface area contributed by atoms with Gasteiger partial charge in [0.05, 0.1) is 14.2 Å². The largest absolute Gasteiger partial charge is 0.497 e. The van der Waals surface area contributed by atoms with Crippen LogP contribution in [-0.2, 0) is 0 Å². The standard InChI is InChI=1S/C18H19ClN2O3S/c1-23-14-7-8-16(24-2)15(11-14)17-21(9-10-25-17)18(22)20-13-5-3-12(19)4-6-13/h3-8,11,17H,9-10H2,1-2H3,(H,20,22). The molecule has 1 aliphatic heterocycles. The summed E-state index contributed by atoms with van der Waals surface area (Å²) in [5, 5.41) is 3.43. The molecule has 1 unspecified atom stereocenters. The summed E-state index contributed by atoms with van der Waals surface area (Å²) < 4.78 is 10.8. The fourth-order valence-electron chi connectivity index (χ4n) is 2.70. The molecule has 1 fully saturated rings. The summed E-state index contributed by atoms with van der Waals surface area (Å²) in [6, 6.07) is 12.5. The maximum absolute atomic E-state index is 12.7. The number of thioether (sulfide) groups is 1. The molecule has 0 bridgehead atoms. The average Bonchev–Trinajstić information content (AvgIpc) is 3.12. The van der Waals surface area contributed by atoms with Gasteiger partial charge in [-0.15, -0.1) is 11.8 Å². The van der Waals surface area contributed by atoms with Crippen LogP contribution in [0.25, 0.3) is 0 Å². The van der Waals surface area contributed by atoms with E-state index in [1.807, 2.05) is 18.2 Å². The zero-order valence-corrected chi connectivity index (χ0v) is 15.6. The van der Waals surface area contributed by atoms with Crippen molar-refractivity contribution in [3.05, 3.63) is 53.1 Å². The van der Waals surface area contributed by atoms with Crippen molar-refractivity contribution >= 4 is 35.1 Å². The molecule has 0 aliphatic carbocycles. The van der Waals surface area contributed by atoms with E-state index in [-0.39, 0.29) is 11.4 Å². The Morgan fingerprint density at radius 2 is 1.96 bits per heavy atom. The molecule has 1 aliphatic rings. The first-order valence-corrected chi connectivity index (χ1v) is 9.22. The summed E-state index contributed by atoms with van der Waals surface area (Å²) in [6.45, 7) is 0.662. The SMILES string of the molecule is COc1ccc(OC)c(C2SCCN2C(=O)Nc2ccc(Cl)cc2)c1. The van der Waals surface area contributed by atoms with E-state index in [0.29, 0.717) is 17.3 Å². The smallest absolute Gasteiger partial charge is 0.323 e. The van der Waals surface area contributed by atoms with Gasteiger partial charge in [0.2, 0.25) is 0 Å². The zero-order valence-electron chi connectivity index (χ0n) is 14.0. The fourth-order valence-corrected chi connectivity index (χ4v) is 4.09. The zero-order chi connectivity index (χ0) is 17.8. The highest BCUT2D eigenvalue weighted by Crippen LogP contribution is 2.43. The minimum absolute atomic E-state index is 0.127. The Kier molecular flexibility index (Phi) is 5.60. The topological polar surface area (TPSA) is 50.8 Å². The molecule has 3 rings (SSSR count).